The van der Waals surface area contributed by atoms with E-state index in [9.17, 15) is 9.59 Å². The molecule has 0 unspecified atom stereocenters. The van der Waals surface area contributed by atoms with Crippen molar-refractivity contribution in [2.75, 3.05) is 5.32 Å². The zero-order valence-corrected chi connectivity index (χ0v) is 12.5. The zero-order chi connectivity index (χ0) is 15.7. The Balaban J connectivity index is 2.03. The molecule has 0 aliphatic carbocycles. The summed E-state index contributed by atoms with van der Waals surface area (Å²) in [5.41, 5.74) is 1.44. The van der Waals surface area contributed by atoms with Gasteiger partial charge in [-0.3, -0.25) is 9.59 Å². The minimum Gasteiger partial charge on any atom is -0.451 e. The summed E-state index contributed by atoms with van der Waals surface area (Å²) in [7, 11) is 0. The number of aryl methyl sites for hydroxylation is 1. The summed E-state index contributed by atoms with van der Waals surface area (Å²) in [5, 5.41) is 3.52. The van der Waals surface area contributed by atoms with E-state index >= 15 is 0 Å². The van der Waals surface area contributed by atoms with Crippen molar-refractivity contribution >= 4 is 34.2 Å². The largest absolute Gasteiger partial charge is 0.451 e. The first kappa shape index (κ1) is 14.4. The lowest BCUT2D eigenvalue weighted by molar-refractivity contribution is 0.0997. The van der Waals surface area contributed by atoms with Crippen molar-refractivity contribution < 1.29 is 9.21 Å². The Morgan fingerprint density at radius 1 is 1.14 bits per heavy atom. The van der Waals surface area contributed by atoms with E-state index in [0.717, 1.165) is 5.56 Å². The molecule has 4 nitrogen and oxygen atoms in total. The minimum atomic E-state index is -0.474. The molecule has 0 bridgehead atoms. The molecule has 3 rings (SSSR count). The van der Waals surface area contributed by atoms with Gasteiger partial charge in [0.2, 0.25) is 0 Å². The normalized spacial score (nSPS) is 10.6. The van der Waals surface area contributed by atoms with E-state index in [2.05, 4.69) is 5.32 Å². The number of hydrogen-bond donors (Lipinski definition) is 1. The number of carbonyl (C=O) groups is 1. The molecule has 1 amide bonds. The van der Waals surface area contributed by atoms with E-state index < -0.39 is 5.91 Å². The number of rotatable bonds is 2. The van der Waals surface area contributed by atoms with Crippen molar-refractivity contribution in [3.05, 3.63) is 75.1 Å². The highest BCUT2D eigenvalue weighted by atomic mass is 35.5. The summed E-state index contributed by atoms with van der Waals surface area (Å²) in [6, 6.07) is 13.3. The maximum atomic E-state index is 12.2. The molecular weight excluding hydrogens is 302 g/mol. The Bertz CT molecular complexity index is 916. The average molecular weight is 314 g/mol. The summed E-state index contributed by atoms with van der Waals surface area (Å²) < 4.78 is 5.54. The Kier molecular flexibility index (Phi) is 3.69. The maximum Gasteiger partial charge on any atom is 0.291 e. The Labute approximate surface area is 131 Å². The summed E-state index contributed by atoms with van der Waals surface area (Å²) >= 11 is 6.01. The fourth-order valence-corrected chi connectivity index (χ4v) is 2.27. The SMILES string of the molecule is Cc1cc2oc(C(=O)Nc3ccccc3)cc(=O)c2cc1Cl. The molecule has 110 valence electrons. The molecule has 0 radical (unpaired) electrons. The number of benzene rings is 2. The van der Waals surface area contributed by atoms with Crippen LogP contribution in [0.15, 0.2) is 57.7 Å². The number of amides is 1. The first-order chi connectivity index (χ1) is 10.5. The predicted octanol–water partition coefficient (Wildman–Crippen LogP) is 4.01. The minimum absolute atomic E-state index is 0.0388. The second-order valence-electron chi connectivity index (χ2n) is 4.89. The lowest BCUT2D eigenvalue weighted by Crippen LogP contribution is -2.14. The first-order valence-corrected chi connectivity index (χ1v) is 7.03. The molecule has 0 aliphatic rings. The molecule has 0 saturated carbocycles. The van der Waals surface area contributed by atoms with Crippen molar-refractivity contribution in [1.82, 2.24) is 0 Å². The molecular formula is C17H12ClNO3. The summed E-state index contributed by atoms with van der Waals surface area (Å²) in [5.74, 6) is -0.513. The van der Waals surface area contributed by atoms with Crippen molar-refractivity contribution in [1.29, 1.82) is 0 Å². The standard InChI is InChI=1S/C17H12ClNO3/c1-10-7-15-12(8-13(10)18)14(20)9-16(22-15)17(21)19-11-5-3-2-4-6-11/h2-9H,1H3,(H,19,21). The number of nitrogens with one attached hydrogen (secondary N) is 1. The maximum absolute atomic E-state index is 12.2. The molecule has 0 atom stereocenters. The van der Waals surface area contributed by atoms with E-state index in [1.54, 1.807) is 43.3 Å². The first-order valence-electron chi connectivity index (χ1n) is 6.65. The van der Waals surface area contributed by atoms with Crippen LogP contribution < -0.4 is 10.7 Å². The van der Waals surface area contributed by atoms with Gasteiger partial charge in [0.15, 0.2) is 11.2 Å². The molecule has 2 aromatic carbocycles. The van der Waals surface area contributed by atoms with E-state index in [1.807, 2.05) is 6.07 Å². The molecule has 5 heteroatoms. The highest BCUT2D eigenvalue weighted by molar-refractivity contribution is 6.32. The van der Waals surface area contributed by atoms with Crippen molar-refractivity contribution in [2.45, 2.75) is 6.92 Å². The summed E-state index contributed by atoms with van der Waals surface area (Å²) in [4.78, 5) is 24.3. The van der Waals surface area contributed by atoms with Crippen molar-refractivity contribution in [2.24, 2.45) is 0 Å². The van der Waals surface area contributed by atoms with Gasteiger partial charge in [-0.1, -0.05) is 29.8 Å². The summed E-state index contributed by atoms with van der Waals surface area (Å²) in [6.45, 7) is 1.80. The van der Waals surface area contributed by atoms with Crippen LogP contribution in [0.2, 0.25) is 5.02 Å². The van der Waals surface area contributed by atoms with Crippen molar-refractivity contribution in [3.8, 4) is 0 Å². The van der Waals surface area contributed by atoms with Crippen LogP contribution in [-0.2, 0) is 0 Å². The molecule has 22 heavy (non-hydrogen) atoms. The van der Waals surface area contributed by atoms with Gasteiger partial charge in [-0.2, -0.15) is 0 Å². The lowest BCUT2D eigenvalue weighted by Gasteiger charge is -2.06. The predicted molar refractivity (Wildman–Crippen MR) is 86.6 cm³/mol. The van der Waals surface area contributed by atoms with Gasteiger partial charge in [-0.05, 0) is 36.8 Å². The van der Waals surface area contributed by atoms with Gasteiger partial charge in [0.1, 0.15) is 5.58 Å². The number of para-hydroxylation sites is 1. The molecule has 0 saturated heterocycles. The fourth-order valence-electron chi connectivity index (χ4n) is 2.10. The Hall–Kier alpha value is -2.59. The van der Waals surface area contributed by atoms with Gasteiger partial charge >= 0.3 is 0 Å². The van der Waals surface area contributed by atoms with Gasteiger partial charge in [0, 0.05) is 16.8 Å². The number of fused-ring (bicyclic) bond motifs is 1. The molecule has 0 spiro atoms. The molecule has 1 heterocycles. The van der Waals surface area contributed by atoms with Crippen LogP contribution in [0.5, 0.6) is 0 Å². The van der Waals surface area contributed by atoms with E-state index in [-0.39, 0.29) is 11.2 Å². The zero-order valence-electron chi connectivity index (χ0n) is 11.7. The highest BCUT2D eigenvalue weighted by Gasteiger charge is 2.13. The smallest absolute Gasteiger partial charge is 0.291 e. The average Bonchev–Trinajstić information content (AvgIpc) is 2.50. The van der Waals surface area contributed by atoms with Crippen LogP contribution in [0.3, 0.4) is 0 Å². The third kappa shape index (κ3) is 2.73. The highest BCUT2D eigenvalue weighted by Crippen LogP contribution is 2.22. The van der Waals surface area contributed by atoms with E-state index in [1.165, 1.54) is 6.07 Å². The molecule has 0 fully saturated rings. The molecule has 1 aromatic heterocycles. The third-order valence-corrected chi connectivity index (χ3v) is 3.67. The van der Waals surface area contributed by atoms with Gasteiger partial charge in [0.05, 0.1) is 5.39 Å². The number of anilines is 1. The Morgan fingerprint density at radius 2 is 1.86 bits per heavy atom. The van der Waals surface area contributed by atoms with Gasteiger partial charge in [-0.15, -0.1) is 0 Å². The van der Waals surface area contributed by atoms with Crippen molar-refractivity contribution in [3.63, 3.8) is 0 Å². The number of hydrogen-bond acceptors (Lipinski definition) is 3. The molecule has 3 aromatic rings. The van der Waals surface area contributed by atoms with E-state index in [4.69, 9.17) is 16.0 Å². The van der Waals surface area contributed by atoms with Crippen LogP contribution in [0.1, 0.15) is 16.1 Å². The second-order valence-corrected chi connectivity index (χ2v) is 5.30. The fraction of sp³-hybridized carbons (Fsp3) is 0.0588. The van der Waals surface area contributed by atoms with Crippen LogP contribution in [0.4, 0.5) is 5.69 Å². The number of halogens is 1. The van der Waals surface area contributed by atoms with Gasteiger partial charge in [0.25, 0.3) is 5.91 Å². The lowest BCUT2D eigenvalue weighted by atomic mass is 10.1. The number of carbonyl (C=O) groups excluding carboxylic acids is 1. The van der Waals surface area contributed by atoms with Crippen LogP contribution in [0.25, 0.3) is 11.0 Å². The monoisotopic (exact) mass is 313 g/mol. The van der Waals surface area contributed by atoms with Crippen LogP contribution >= 0.6 is 11.6 Å². The summed E-state index contributed by atoms with van der Waals surface area (Å²) in [6.07, 6.45) is 0. The quantitative estimate of drug-likeness (QED) is 0.777. The van der Waals surface area contributed by atoms with Crippen LogP contribution in [0, 0.1) is 6.92 Å². The third-order valence-electron chi connectivity index (χ3n) is 3.26. The van der Waals surface area contributed by atoms with Gasteiger partial charge in [-0.25, -0.2) is 0 Å². The van der Waals surface area contributed by atoms with E-state index in [0.29, 0.717) is 21.7 Å². The molecule has 1 N–H and O–H groups in total. The second kappa shape index (κ2) is 5.66. The van der Waals surface area contributed by atoms with Crippen LogP contribution in [-0.4, -0.2) is 5.91 Å². The Morgan fingerprint density at radius 3 is 2.59 bits per heavy atom. The molecule has 0 aliphatic heterocycles. The topological polar surface area (TPSA) is 59.3 Å². The van der Waals surface area contributed by atoms with Gasteiger partial charge < -0.3 is 9.73 Å².